The Bertz CT molecular complexity index is 409. The molecule has 0 fully saturated rings. The number of hydrogen-bond acceptors (Lipinski definition) is 4. The first-order chi connectivity index (χ1) is 8.15. The molecule has 1 rings (SSSR count). The lowest BCUT2D eigenvalue weighted by molar-refractivity contribution is -0.118. The zero-order chi connectivity index (χ0) is 12.7. The van der Waals surface area contributed by atoms with Crippen molar-refractivity contribution in [2.75, 3.05) is 19.3 Å². The Hall–Kier alpha value is -1.56. The Kier molecular flexibility index (Phi) is 5.48. The SMILES string of the molecule is CSc1ncccc1C(=O)NCCNC(C)=O. The number of hydrogen-bond donors (Lipinski definition) is 2. The molecule has 0 atom stereocenters. The Morgan fingerprint density at radius 3 is 2.71 bits per heavy atom. The third-order valence-corrected chi connectivity index (χ3v) is 2.71. The van der Waals surface area contributed by atoms with Gasteiger partial charge in [-0.25, -0.2) is 4.98 Å². The third kappa shape index (κ3) is 4.44. The summed E-state index contributed by atoms with van der Waals surface area (Å²) >= 11 is 1.43. The summed E-state index contributed by atoms with van der Waals surface area (Å²) in [5.74, 6) is -0.279. The van der Waals surface area contributed by atoms with Crippen molar-refractivity contribution in [2.24, 2.45) is 0 Å². The van der Waals surface area contributed by atoms with Gasteiger partial charge in [0.25, 0.3) is 5.91 Å². The van der Waals surface area contributed by atoms with E-state index < -0.39 is 0 Å². The molecule has 2 N–H and O–H groups in total. The molecule has 0 unspecified atom stereocenters. The molecule has 0 aliphatic heterocycles. The molecular formula is C11H15N3O2S. The van der Waals surface area contributed by atoms with E-state index in [0.717, 1.165) is 0 Å². The first-order valence-electron chi connectivity index (χ1n) is 5.16. The number of pyridine rings is 1. The molecule has 0 aliphatic carbocycles. The van der Waals surface area contributed by atoms with Crippen LogP contribution in [0.2, 0.25) is 0 Å². The van der Waals surface area contributed by atoms with Gasteiger partial charge in [-0.05, 0) is 18.4 Å². The standard InChI is InChI=1S/C11H15N3O2S/c1-8(15)12-6-7-13-10(16)9-4-3-5-14-11(9)17-2/h3-5H,6-7H2,1-2H3,(H,12,15)(H,13,16). The summed E-state index contributed by atoms with van der Waals surface area (Å²) in [4.78, 5) is 26.5. The van der Waals surface area contributed by atoms with Gasteiger partial charge in [0.15, 0.2) is 0 Å². The van der Waals surface area contributed by atoms with Crippen LogP contribution in [0, 0.1) is 0 Å². The van der Waals surface area contributed by atoms with Crippen LogP contribution in [0.5, 0.6) is 0 Å². The summed E-state index contributed by atoms with van der Waals surface area (Å²) in [6.45, 7) is 2.27. The Balaban J connectivity index is 2.49. The van der Waals surface area contributed by atoms with Crippen molar-refractivity contribution in [2.45, 2.75) is 11.9 Å². The minimum absolute atomic E-state index is 0.106. The molecule has 0 radical (unpaired) electrons. The topological polar surface area (TPSA) is 71.1 Å². The number of thioether (sulfide) groups is 1. The molecule has 0 bridgehead atoms. The Labute approximate surface area is 104 Å². The van der Waals surface area contributed by atoms with Crippen molar-refractivity contribution >= 4 is 23.6 Å². The summed E-state index contributed by atoms with van der Waals surface area (Å²) < 4.78 is 0. The maximum Gasteiger partial charge on any atom is 0.254 e. The van der Waals surface area contributed by atoms with Gasteiger partial charge in [0.05, 0.1) is 5.56 Å². The van der Waals surface area contributed by atoms with Crippen LogP contribution in [0.1, 0.15) is 17.3 Å². The number of nitrogens with one attached hydrogen (secondary N) is 2. The molecule has 1 aromatic rings. The van der Waals surface area contributed by atoms with Crippen LogP contribution in [-0.2, 0) is 4.79 Å². The van der Waals surface area contributed by atoms with Crippen molar-refractivity contribution in [1.82, 2.24) is 15.6 Å². The Morgan fingerprint density at radius 2 is 2.06 bits per heavy atom. The van der Waals surface area contributed by atoms with E-state index in [9.17, 15) is 9.59 Å². The molecule has 1 heterocycles. The van der Waals surface area contributed by atoms with Gasteiger partial charge < -0.3 is 10.6 Å². The lowest BCUT2D eigenvalue weighted by Gasteiger charge is -2.07. The van der Waals surface area contributed by atoms with Gasteiger partial charge in [-0.1, -0.05) is 0 Å². The number of amides is 2. The molecule has 6 heteroatoms. The van der Waals surface area contributed by atoms with E-state index in [1.54, 1.807) is 18.3 Å². The van der Waals surface area contributed by atoms with E-state index in [2.05, 4.69) is 15.6 Å². The highest BCUT2D eigenvalue weighted by Gasteiger charge is 2.10. The predicted octanol–water partition coefficient (Wildman–Crippen LogP) is 0.669. The summed E-state index contributed by atoms with van der Waals surface area (Å²) in [5.41, 5.74) is 0.558. The van der Waals surface area contributed by atoms with E-state index >= 15 is 0 Å². The Morgan fingerprint density at radius 1 is 1.35 bits per heavy atom. The highest BCUT2D eigenvalue weighted by molar-refractivity contribution is 7.98. The molecule has 92 valence electrons. The van der Waals surface area contributed by atoms with Crippen LogP contribution in [0.3, 0.4) is 0 Å². The van der Waals surface area contributed by atoms with E-state index in [4.69, 9.17) is 0 Å². The van der Waals surface area contributed by atoms with Crippen molar-refractivity contribution in [3.05, 3.63) is 23.9 Å². The average molecular weight is 253 g/mol. The molecular weight excluding hydrogens is 238 g/mol. The molecule has 0 saturated heterocycles. The van der Waals surface area contributed by atoms with Crippen LogP contribution in [-0.4, -0.2) is 36.1 Å². The van der Waals surface area contributed by atoms with E-state index in [1.807, 2.05) is 6.26 Å². The van der Waals surface area contributed by atoms with Crippen molar-refractivity contribution < 1.29 is 9.59 Å². The number of rotatable bonds is 5. The van der Waals surface area contributed by atoms with Crippen LogP contribution in [0.25, 0.3) is 0 Å². The van der Waals surface area contributed by atoms with Gasteiger partial charge in [-0.2, -0.15) is 0 Å². The fourth-order valence-electron chi connectivity index (χ4n) is 1.24. The molecule has 0 saturated carbocycles. The normalized spacial score (nSPS) is 9.76. The van der Waals surface area contributed by atoms with Crippen LogP contribution >= 0.6 is 11.8 Å². The molecule has 0 aromatic carbocycles. The van der Waals surface area contributed by atoms with Crippen molar-refractivity contribution in [3.63, 3.8) is 0 Å². The van der Waals surface area contributed by atoms with Gasteiger partial charge in [0.1, 0.15) is 5.03 Å². The first kappa shape index (κ1) is 13.5. The summed E-state index contributed by atoms with van der Waals surface area (Å²) in [6.07, 6.45) is 3.52. The second-order valence-corrected chi connectivity index (χ2v) is 4.09. The lowest BCUT2D eigenvalue weighted by Crippen LogP contribution is -2.33. The fraction of sp³-hybridized carbons (Fsp3) is 0.364. The van der Waals surface area contributed by atoms with E-state index in [1.165, 1.54) is 18.7 Å². The van der Waals surface area contributed by atoms with Gasteiger partial charge in [-0.3, -0.25) is 9.59 Å². The molecule has 0 spiro atoms. The predicted molar refractivity (Wildman–Crippen MR) is 67.0 cm³/mol. The minimum atomic E-state index is -0.173. The molecule has 17 heavy (non-hydrogen) atoms. The van der Waals surface area contributed by atoms with Crippen molar-refractivity contribution in [3.8, 4) is 0 Å². The van der Waals surface area contributed by atoms with E-state index in [-0.39, 0.29) is 11.8 Å². The second-order valence-electron chi connectivity index (χ2n) is 3.30. The maximum absolute atomic E-state index is 11.8. The highest BCUT2D eigenvalue weighted by Crippen LogP contribution is 2.16. The van der Waals surface area contributed by atoms with Crippen LogP contribution < -0.4 is 10.6 Å². The number of carbonyl (C=O) groups excluding carboxylic acids is 2. The summed E-state index contributed by atoms with van der Waals surface area (Å²) in [6, 6.07) is 3.45. The van der Waals surface area contributed by atoms with Gasteiger partial charge >= 0.3 is 0 Å². The summed E-state index contributed by atoms with van der Waals surface area (Å²) in [5, 5.41) is 6.03. The molecule has 1 aromatic heterocycles. The lowest BCUT2D eigenvalue weighted by atomic mass is 10.2. The quantitative estimate of drug-likeness (QED) is 0.597. The summed E-state index contributed by atoms with van der Waals surface area (Å²) in [7, 11) is 0. The zero-order valence-corrected chi connectivity index (χ0v) is 10.6. The number of nitrogens with zero attached hydrogens (tertiary/aromatic N) is 1. The fourth-order valence-corrected chi connectivity index (χ4v) is 1.78. The van der Waals surface area contributed by atoms with Crippen LogP contribution in [0.15, 0.2) is 23.4 Å². The van der Waals surface area contributed by atoms with Crippen LogP contribution in [0.4, 0.5) is 0 Å². The smallest absolute Gasteiger partial charge is 0.254 e. The zero-order valence-electron chi connectivity index (χ0n) is 9.82. The largest absolute Gasteiger partial charge is 0.355 e. The van der Waals surface area contributed by atoms with Crippen molar-refractivity contribution in [1.29, 1.82) is 0 Å². The second kappa shape index (κ2) is 6.90. The number of carbonyl (C=O) groups is 2. The first-order valence-corrected chi connectivity index (χ1v) is 6.39. The average Bonchev–Trinajstić information content (AvgIpc) is 2.34. The minimum Gasteiger partial charge on any atom is -0.355 e. The van der Waals surface area contributed by atoms with E-state index in [0.29, 0.717) is 23.7 Å². The molecule has 5 nitrogen and oxygen atoms in total. The third-order valence-electron chi connectivity index (χ3n) is 1.99. The van der Waals surface area contributed by atoms with Gasteiger partial charge in [0.2, 0.25) is 5.91 Å². The van der Waals surface area contributed by atoms with Gasteiger partial charge in [0, 0.05) is 26.2 Å². The maximum atomic E-state index is 11.8. The molecule has 0 aliphatic rings. The monoisotopic (exact) mass is 253 g/mol. The highest BCUT2D eigenvalue weighted by atomic mass is 32.2. The number of aromatic nitrogens is 1. The van der Waals surface area contributed by atoms with Gasteiger partial charge in [-0.15, -0.1) is 11.8 Å². The molecule has 2 amide bonds.